The molecule has 1 aliphatic heterocycles. The molecule has 0 unspecified atom stereocenters. The molecule has 0 radical (unpaired) electrons. The number of hydrogen-bond donors (Lipinski definition) is 2. The first-order valence-electron chi connectivity index (χ1n) is 9.39. The highest BCUT2D eigenvalue weighted by molar-refractivity contribution is 14.0. The van der Waals surface area contributed by atoms with E-state index in [2.05, 4.69) is 42.7 Å². The molecule has 0 amide bonds. The van der Waals surface area contributed by atoms with E-state index in [0.29, 0.717) is 12.5 Å². The van der Waals surface area contributed by atoms with Crippen LogP contribution in [0.4, 0.5) is 0 Å². The van der Waals surface area contributed by atoms with E-state index in [9.17, 15) is 0 Å². The largest absolute Gasteiger partial charge is 0.356 e. The average molecular weight is 518 g/mol. The van der Waals surface area contributed by atoms with E-state index in [-0.39, 0.29) is 24.0 Å². The van der Waals surface area contributed by atoms with E-state index in [1.54, 1.807) is 18.1 Å². The molecule has 0 atom stereocenters. The highest BCUT2D eigenvalue weighted by Gasteiger charge is 2.20. The van der Waals surface area contributed by atoms with Gasteiger partial charge in [-0.1, -0.05) is 29.8 Å². The maximum absolute atomic E-state index is 6.28. The van der Waals surface area contributed by atoms with Crippen LogP contribution in [0.1, 0.15) is 24.2 Å². The second kappa shape index (κ2) is 11.6. The number of aromatic nitrogens is 3. The number of benzene rings is 1. The van der Waals surface area contributed by atoms with E-state index in [0.717, 1.165) is 43.0 Å². The number of nitrogens with zero attached hydrogens (tertiary/aromatic N) is 5. The van der Waals surface area contributed by atoms with E-state index in [1.807, 2.05) is 19.2 Å². The molecule has 1 aromatic heterocycles. The van der Waals surface area contributed by atoms with Crippen molar-refractivity contribution in [1.29, 1.82) is 0 Å². The number of nitrogens with one attached hydrogen (secondary N) is 2. The minimum atomic E-state index is 0. The summed E-state index contributed by atoms with van der Waals surface area (Å²) in [6, 6.07) is 8.11. The van der Waals surface area contributed by atoms with Gasteiger partial charge < -0.3 is 10.6 Å². The maximum atomic E-state index is 6.28. The molecule has 2 heterocycles. The van der Waals surface area contributed by atoms with Gasteiger partial charge in [0, 0.05) is 32.2 Å². The predicted molar refractivity (Wildman–Crippen MR) is 124 cm³/mol. The normalized spacial score (nSPS) is 15.9. The molecular formula is C19H29ClIN7. The molecular weight excluding hydrogens is 489 g/mol. The van der Waals surface area contributed by atoms with Crippen molar-refractivity contribution in [3.05, 3.63) is 47.0 Å². The lowest BCUT2D eigenvalue weighted by Crippen LogP contribution is -2.42. The minimum absolute atomic E-state index is 0. The molecule has 9 heteroatoms. The van der Waals surface area contributed by atoms with E-state index in [1.165, 1.54) is 18.4 Å². The van der Waals surface area contributed by atoms with Crippen molar-refractivity contribution < 1.29 is 0 Å². The van der Waals surface area contributed by atoms with Gasteiger partial charge in [-0.2, -0.15) is 5.10 Å². The zero-order chi connectivity index (χ0) is 19.1. The molecule has 0 bridgehead atoms. The van der Waals surface area contributed by atoms with Crippen LogP contribution in [0.2, 0.25) is 5.02 Å². The van der Waals surface area contributed by atoms with Crippen LogP contribution in [0.5, 0.6) is 0 Å². The first-order chi connectivity index (χ1) is 13.2. The summed E-state index contributed by atoms with van der Waals surface area (Å²) >= 11 is 6.28. The fourth-order valence-corrected chi connectivity index (χ4v) is 3.52. The highest BCUT2D eigenvalue weighted by atomic mass is 127. The van der Waals surface area contributed by atoms with Crippen molar-refractivity contribution in [3.63, 3.8) is 0 Å². The molecule has 1 aliphatic rings. The van der Waals surface area contributed by atoms with Crippen LogP contribution in [-0.4, -0.2) is 52.3 Å². The number of guanidine groups is 1. The van der Waals surface area contributed by atoms with Crippen molar-refractivity contribution in [3.8, 4) is 0 Å². The van der Waals surface area contributed by atoms with Crippen LogP contribution in [0, 0.1) is 5.92 Å². The van der Waals surface area contributed by atoms with Crippen LogP contribution in [-0.2, 0) is 20.1 Å². The molecule has 2 N–H and O–H groups in total. The summed E-state index contributed by atoms with van der Waals surface area (Å²) in [5, 5.41) is 11.7. The fraction of sp³-hybridized carbons (Fsp3) is 0.526. The van der Waals surface area contributed by atoms with Gasteiger partial charge in [0.15, 0.2) is 5.96 Å². The van der Waals surface area contributed by atoms with Gasteiger partial charge in [-0.05, 0) is 43.5 Å². The third kappa shape index (κ3) is 6.59. The molecule has 0 saturated carbocycles. The molecule has 1 fully saturated rings. The van der Waals surface area contributed by atoms with Crippen molar-refractivity contribution in [2.45, 2.75) is 25.9 Å². The Hall–Kier alpha value is -1.39. The number of halogens is 2. The maximum Gasteiger partial charge on any atom is 0.191 e. The molecule has 7 nitrogen and oxygen atoms in total. The Balaban J connectivity index is 0.00000280. The lowest BCUT2D eigenvalue weighted by Gasteiger charge is -2.32. The van der Waals surface area contributed by atoms with Crippen LogP contribution >= 0.6 is 35.6 Å². The van der Waals surface area contributed by atoms with Gasteiger partial charge in [-0.25, -0.2) is 4.98 Å². The second-order valence-electron chi connectivity index (χ2n) is 6.92. The monoisotopic (exact) mass is 517 g/mol. The quantitative estimate of drug-likeness (QED) is 0.350. The zero-order valence-corrected chi connectivity index (χ0v) is 19.5. The molecule has 1 aromatic carbocycles. The molecule has 0 spiro atoms. The van der Waals surface area contributed by atoms with Gasteiger partial charge >= 0.3 is 0 Å². The number of rotatable bonds is 6. The standard InChI is InChI=1S/C19H28ClN7.HI/c1-21-19(23-12-18-24-14-25-26(18)2)22-11-15-7-9-27(10-8-15)13-16-5-3-4-6-17(16)20;/h3-6,14-15H,7-13H2,1-2H3,(H2,21,22,23);1H. The molecule has 1 saturated heterocycles. The Bertz CT molecular complexity index is 756. The lowest BCUT2D eigenvalue weighted by atomic mass is 9.96. The number of piperidine rings is 1. The Labute approximate surface area is 189 Å². The van der Waals surface area contributed by atoms with Crippen molar-refractivity contribution >= 4 is 41.5 Å². The molecule has 0 aliphatic carbocycles. The summed E-state index contributed by atoms with van der Waals surface area (Å²) in [5.74, 6) is 2.34. The fourth-order valence-electron chi connectivity index (χ4n) is 3.32. The Kier molecular flexibility index (Phi) is 9.46. The summed E-state index contributed by atoms with van der Waals surface area (Å²) in [4.78, 5) is 11.0. The zero-order valence-electron chi connectivity index (χ0n) is 16.4. The van der Waals surface area contributed by atoms with Crippen molar-refractivity contribution in [1.82, 2.24) is 30.3 Å². The van der Waals surface area contributed by atoms with Crippen LogP contribution in [0.3, 0.4) is 0 Å². The van der Waals surface area contributed by atoms with Crippen molar-refractivity contribution in [2.24, 2.45) is 18.0 Å². The van der Waals surface area contributed by atoms with Crippen molar-refractivity contribution in [2.75, 3.05) is 26.7 Å². The van der Waals surface area contributed by atoms with Gasteiger partial charge in [0.25, 0.3) is 0 Å². The third-order valence-electron chi connectivity index (χ3n) is 5.06. The Morgan fingerprint density at radius 3 is 2.64 bits per heavy atom. The van der Waals surface area contributed by atoms with E-state index < -0.39 is 0 Å². The number of hydrogen-bond acceptors (Lipinski definition) is 4. The SMILES string of the molecule is CN=C(NCc1ncnn1C)NCC1CCN(Cc2ccccc2Cl)CC1.I. The molecule has 28 heavy (non-hydrogen) atoms. The topological polar surface area (TPSA) is 70.4 Å². The first-order valence-corrected chi connectivity index (χ1v) is 9.76. The summed E-state index contributed by atoms with van der Waals surface area (Å²) in [5.41, 5.74) is 1.21. The van der Waals surface area contributed by atoms with Crippen LogP contribution < -0.4 is 10.6 Å². The predicted octanol–water partition coefficient (Wildman–Crippen LogP) is 2.66. The molecule has 3 rings (SSSR count). The Morgan fingerprint density at radius 2 is 2.00 bits per heavy atom. The summed E-state index contributed by atoms with van der Waals surface area (Å²) in [6.07, 6.45) is 3.92. The average Bonchev–Trinajstić information content (AvgIpc) is 3.10. The molecule has 154 valence electrons. The van der Waals surface area contributed by atoms with Gasteiger partial charge in [0.2, 0.25) is 0 Å². The first kappa shape index (κ1) is 22.9. The van der Waals surface area contributed by atoms with Crippen LogP contribution in [0.15, 0.2) is 35.6 Å². The van der Waals surface area contributed by atoms with Gasteiger partial charge in [-0.3, -0.25) is 14.6 Å². The van der Waals surface area contributed by atoms with Gasteiger partial charge in [-0.15, -0.1) is 24.0 Å². The minimum Gasteiger partial charge on any atom is -0.356 e. The number of aliphatic imine (C=N–C) groups is 1. The Morgan fingerprint density at radius 1 is 1.25 bits per heavy atom. The summed E-state index contributed by atoms with van der Waals surface area (Å²) < 4.78 is 1.76. The van der Waals surface area contributed by atoms with Gasteiger partial charge in [0.05, 0.1) is 6.54 Å². The summed E-state index contributed by atoms with van der Waals surface area (Å²) in [7, 11) is 3.68. The molecule has 2 aromatic rings. The van der Waals surface area contributed by atoms with E-state index >= 15 is 0 Å². The number of likely N-dealkylation sites (tertiary alicyclic amines) is 1. The third-order valence-corrected chi connectivity index (χ3v) is 5.43. The summed E-state index contributed by atoms with van der Waals surface area (Å²) in [6.45, 7) is 4.66. The highest BCUT2D eigenvalue weighted by Crippen LogP contribution is 2.21. The lowest BCUT2D eigenvalue weighted by molar-refractivity contribution is 0.178. The van der Waals surface area contributed by atoms with Gasteiger partial charge in [0.1, 0.15) is 12.2 Å². The number of aryl methyl sites for hydroxylation is 1. The smallest absolute Gasteiger partial charge is 0.191 e. The van der Waals surface area contributed by atoms with E-state index in [4.69, 9.17) is 11.6 Å². The second-order valence-corrected chi connectivity index (χ2v) is 7.32. The van der Waals surface area contributed by atoms with Crippen LogP contribution in [0.25, 0.3) is 0 Å².